The number of nitrogens with one attached hydrogen (secondary N) is 1. The Kier molecular flexibility index (Phi) is 6.62. The van der Waals surface area contributed by atoms with E-state index in [-0.39, 0.29) is 11.6 Å². The fourth-order valence-electron chi connectivity index (χ4n) is 2.36. The highest BCUT2D eigenvalue weighted by molar-refractivity contribution is 5.65. The van der Waals surface area contributed by atoms with Crippen LogP contribution >= 0.6 is 0 Å². The number of rotatable bonds is 7. The third kappa shape index (κ3) is 5.71. The number of hydrogen-bond acceptors (Lipinski definition) is 3. The molecule has 1 rings (SSSR count). The minimum Gasteiger partial charge on any atom is -0.465 e. The molecule has 0 aromatic carbocycles. The summed E-state index contributed by atoms with van der Waals surface area (Å²) in [7, 11) is 1.93. The van der Waals surface area contributed by atoms with E-state index in [0.717, 1.165) is 25.0 Å². The van der Waals surface area contributed by atoms with E-state index in [1.807, 2.05) is 46.0 Å². The van der Waals surface area contributed by atoms with Gasteiger partial charge in [-0.25, -0.2) is 4.79 Å². The molecule has 2 N–H and O–H groups in total. The second-order valence-corrected chi connectivity index (χ2v) is 6.20. The zero-order valence-electron chi connectivity index (χ0n) is 13.5. The first-order valence-corrected chi connectivity index (χ1v) is 7.45. The van der Waals surface area contributed by atoms with E-state index in [4.69, 9.17) is 0 Å². The van der Waals surface area contributed by atoms with Crippen molar-refractivity contribution in [3.8, 4) is 0 Å². The zero-order chi connectivity index (χ0) is 15.9. The average molecular weight is 293 g/mol. The molecule has 1 aromatic rings. The molecule has 0 aliphatic rings. The van der Waals surface area contributed by atoms with Gasteiger partial charge in [-0.15, -0.1) is 0 Å². The first-order valence-electron chi connectivity index (χ1n) is 7.45. The second kappa shape index (κ2) is 7.98. The Bertz CT molecular complexity index is 429. The molecule has 1 heterocycles. The van der Waals surface area contributed by atoms with Gasteiger partial charge in [-0.2, -0.15) is 0 Å². The number of hydrogen-bond donors (Lipinski definition) is 2. The van der Waals surface area contributed by atoms with Crippen molar-refractivity contribution in [2.24, 2.45) is 0 Å². The van der Waals surface area contributed by atoms with Crippen molar-refractivity contribution < 1.29 is 9.90 Å². The number of nitrogens with zero attached hydrogens (tertiary/aromatic N) is 2. The predicted molar refractivity (Wildman–Crippen MR) is 84.4 cm³/mol. The predicted octanol–water partition coefficient (Wildman–Crippen LogP) is 3.29. The molecule has 0 saturated heterocycles. The molecule has 5 heteroatoms. The summed E-state index contributed by atoms with van der Waals surface area (Å²) < 4.78 is 0. The summed E-state index contributed by atoms with van der Waals surface area (Å²) in [5.41, 5.74) is 0.681. The van der Waals surface area contributed by atoms with Crippen molar-refractivity contribution in [3.05, 3.63) is 30.1 Å². The van der Waals surface area contributed by atoms with Crippen LogP contribution < -0.4 is 5.32 Å². The quantitative estimate of drug-likeness (QED) is 0.757. The van der Waals surface area contributed by atoms with Gasteiger partial charge in [0, 0.05) is 24.3 Å². The lowest BCUT2D eigenvalue weighted by molar-refractivity contribution is 0.0988. The number of aromatic nitrogens is 1. The Morgan fingerprint density at radius 2 is 2.10 bits per heavy atom. The lowest BCUT2D eigenvalue weighted by atomic mass is 10.0. The van der Waals surface area contributed by atoms with Crippen LogP contribution in [0.3, 0.4) is 0 Å². The largest absolute Gasteiger partial charge is 0.465 e. The Labute approximate surface area is 127 Å². The maximum atomic E-state index is 11.3. The highest BCUT2D eigenvalue weighted by Gasteiger charge is 2.25. The average Bonchev–Trinajstić information content (AvgIpc) is 2.42. The van der Waals surface area contributed by atoms with Crippen LogP contribution in [0.25, 0.3) is 0 Å². The first-order chi connectivity index (χ1) is 9.86. The van der Waals surface area contributed by atoms with E-state index in [2.05, 4.69) is 10.3 Å². The van der Waals surface area contributed by atoms with Crippen molar-refractivity contribution in [1.82, 2.24) is 15.2 Å². The lowest BCUT2D eigenvalue weighted by Crippen LogP contribution is -2.45. The Morgan fingerprint density at radius 1 is 1.38 bits per heavy atom. The molecule has 118 valence electrons. The molecule has 0 radical (unpaired) electrons. The topological polar surface area (TPSA) is 65.5 Å². The molecule has 0 aliphatic carbocycles. The van der Waals surface area contributed by atoms with Crippen LogP contribution in [0.15, 0.2) is 24.4 Å². The van der Waals surface area contributed by atoms with Gasteiger partial charge in [0.25, 0.3) is 0 Å². The summed E-state index contributed by atoms with van der Waals surface area (Å²) >= 11 is 0. The second-order valence-electron chi connectivity index (χ2n) is 6.20. The highest BCUT2D eigenvalue weighted by atomic mass is 16.4. The molecule has 0 bridgehead atoms. The summed E-state index contributed by atoms with van der Waals surface area (Å²) in [6.45, 7) is 6.33. The molecule has 1 aromatic heterocycles. The van der Waals surface area contributed by atoms with Gasteiger partial charge in [0.2, 0.25) is 0 Å². The molecule has 0 aliphatic heterocycles. The molecule has 21 heavy (non-hydrogen) atoms. The molecule has 0 spiro atoms. The molecule has 0 saturated carbocycles. The molecular weight excluding hydrogens is 266 g/mol. The van der Waals surface area contributed by atoms with E-state index in [9.17, 15) is 9.90 Å². The SMILES string of the molecule is CNC(CCCCN(C(=O)O)C(C)(C)C)c1ccccn1. The monoisotopic (exact) mass is 293 g/mol. The summed E-state index contributed by atoms with van der Waals surface area (Å²) in [5, 5.41) is 12.5. The fourth-order valence-corrected chi connectivity index (χ4v) is 2.36. The Hall–Kier alpha value is -1.62. The fraction of sp³-hybridized carbons (Fsp3) is 0.625. The Morgan fingerprint density at radius 3 is 2.57 bits per heavy atom. The van der Waals surface area contributed by atoms with E-state index in [1.165, 1.54) is 4.90 Å². The van der Waals surface area contributed by atoms with Gasteiger partial charge >= 0.3 is 6.09 Å². The van der Waals surface area contributed by atoms with Crippen LogP contribution in [-0.4, -0.2) is 40.2 Å². The molecule has 1 atom stereocenters. The number of pyridine rings is 1. The van der Waals surface area contributed by atoms with Gasteiger partial charge in [-0.1, -0.05) is 6.07 Å². The van der Waals surface area contributed by atoms with Crippen LogP contribution in [0.4, 0.5) is 4.79 Å². The molecule has 1 amide bonds. The van der Waals surface area contributed by atoms with Crippen molar-refractivity contribution in [1.29, 1.82) is 0 Å². The maximum absolute atomic E-state index is 11.3. The number of amides is 1. The molecule has 5 nitrogen and oxygen atoms in total. The van der Waals surface area contributed by atoms with Gasteiger partial charge in [0.05, 0.1) is 5.69 Å². The lowest BCUT2D eigenvalue weighted by Gasteiger charge is -2.33. The summed E-state index contributed by atoms with van der Waals surface area (Å²) in [4.78, 5) is 17.1. The van der Waals surface area contributed by atoms with Crippen LogP contribution in [0.5, 0.6) is 0 Å². The van der Waals surface area contributed by atoms with Crippen LogP contribution in [0.1, 0.15) is 51.8 Å². The molecule has 1 unspecified atom stereocenters. The maximum Gasteiger partial charge on any atom is 0.407 e. The molecule has 0 fully saturated rings. The van der Waals surface area contributed by atoms with E-state index in [1.54, 1.807) is 6.20 Å². The number of carbonyl (C=O) groups is 1. The summed E-state index contributed by atoms with van der Waals surface area (Å²) in [6, 6.07) is 6.13. The third-order valence-corrected chi connectivity index (χ3v) is 3.56. The zero-order valence-corrected chi connectivity index (χ0v) is 13.5. The number of carboxylic acid groups (broad SMARTS) is 1. The van der Waals surface area contributed by atoms with E-state index in [0.29, 0.717) is 6.54 Å². The van der Waals surface area contributed by atoms with Gasteiger partial charge in [-0.05, 0) is 59.2 Å². The van der Waals surface area contributed by atoms with E-state index >= 15 is 0 Å². The standard InChI is InChI=1S/C16H27N3O2/c1-16(2,3)19(15(20)21)12-8-6-9-13(17-4)14-10-5-7-11-18-14/h5,7,10-11,13,17H,6,8-9,12H2,1-4H3,(H,20,21). The van der Waals surface area contributed by atoms with Crippen LogP contribution in [-0.2, 0) is 0 Å². The normalized spacial score (nSPS) is 13.0. The highest BCUT2D eigenvalue weighted by Crippen LogP contribution is 2.19. The molecular formula is C16H27N3O2. The summed E-state index contributed by atoms with van der Waals surface area (Å²) in [5.74, 6) is 0. The van der Waals surface area contributed by atoms with Crippen LogP contribution in [0, 0.1) is 0 Å². The smallest absolute Gasteiger partial charge is 0.407 e. The van der Waals surface area contributed by atoms with Gasteiger partial charge < -0.3 is 15.3 Å². The van der Waals surface area contributed by atoms with Crippen molar-refractivity contribution in [3.63, 3.8) is 0 Å². The van der Waals surface area contributed by atoms with Crippen molar-refractivity contribution in [2.75, 3.05) is 13.6 Å². The minimum atomic E-state index is -0.850. The van der Waals surface area contributed by atoms with Crippen molar-refractivity contribution >= 4 is 6.09 Å². The minimum absolute atomic E-state index is 0.221. The van der Waals surface area contributed by atoms with Gasteiger partial charge in [0.15, 0.2) is 0 Å². The first kappa shape index (κ1) is 17.4. The van der Waals surface area contributed by atoms with Crippen LogP contribution in [0.2, 0.25) is 0 Å². The Balaban J connectivity index is 2.43. The summed E-state index contributed by atoms with van der Waals surface area (Å²) in [6.07, 6.45) is 3.71. The number of unbranched alkanes of at least 4 members (excludes halogenated alkanes) is 1. The van der Waals surface area contributed by atoms with Gasteiger partial charge in [-0.3, -0.25) is 4.98 Å². The van der Waals surface area contributed by atoms with Gasteiger partial charge in [0.1, 0.15) is 0 Å². The van der Waals surface area contributed by atoms with Crippen molar-refractivity contribution in [2.45, 2.75) is 51.6 Å². The third-order valence-electron chi connectivity index (χ3n) is 3.56. The van der Waals surface area contributed by atoms with E-state index < -0.39 is 6.09 Å².